The van der Waals surface area contributed by atoms with Crippen LogP contribution < -0.4 is 5.32 Å². The van der Waals surface area contributed by atoms with Gasteiger partial charge in [0.2, 0.25) is 5.91 Å². The molecule has 0 aromatic carbocycles. The Morgan fingerprint density at radius 3 is 2.81 bits per heavy atom. The molecule has 1 aliphatic heterocycles. The van der Waals surface area contributed by atoms with E-state index in [2.05, 4.69) is 5.32 Å². The predicted octanol–water partition coefficient (Wildman–Crippen LogP) is -0.224. The van der Waals surface area contributed by atoms with Gasteiger partial charge >= 0.3 is 5.97 Å². The Bertz CT molecular complexity index is 552. The van der Waals surface area contributed by atoms with Gasteiger partial charge in [-0.15, -0.1) is 0 Å². The fourth-order valence-corrected chi connectivity index (χ4v) is 2.47. The molecule has 2 heterocycles. The molecule has 7 heteroatoms. The molecule has 1 N–H and O–H groups in total. The van der Waals surface area contributed by atoms with Gasteiger partial charge in [-0.1, -0.05) is 0 Å². The maximum atomic E-state index is 11.9. The molecule has 0 bridgehead atoms. The van der Waals surface area contributed by atoms with Crippen molar-refractivity contribution in [1.29, 1.82) is 0 Å². The van der Waals surface area contributed by atoms with Crippen molar-refractivity contribution >= 4 is 17.8 Å². The van der Waals surface area contributed by atoms with Gasteiger partial charge in [0.1, 0.15) is 5.69 Å². The number of aryl methyl sites for hydroxylation is 1. The van der Waals surface area contributed by atoms with Gasteiger partial charge in [0.25, 0.3) is 5.91 Å². The first-order valence-corrected chi connectivity index (χ1v) is 6.77. The van der Waals surface area contributed by atoms with Crippen molar-refractivity contribution in [3.05, 3.63) is 24.0 Å². The Morgan fingerprint density at radius 2 is 2.19 bits per heavy atom. The van der Waals surface area contributed by atoms with Crippen LogP contribution in [0.2, 0.25) is 0 Å². The standard InChI is InChI=1S/C14H19N3O4/c1-16-6-3-4-11(16)13(19)15-12(18)9-17-7-5-10(8-17)14(20)21-2/h3-4,6,10H,5,7-9H2,1-2H3,(H,15,18,19). The number of amides is 2. The summed E-state index contributed by atoms with van der Waals surface area (Å²) in [6, 6.07) is 3.38. The second-order valence-electron chi connectivity index (χ2n) is 5.13. The fraction of sp³-hybridized carbons (Fsp3) is 0.500. The van der Waals surface area contributed by atoms with Crippen LogP contribution in [0.3, 0.4) is 0 Å². The number of aromatic nitrogens is 1. The number of nitrogens with zero attached hydrogens (tertiary/aromatic N) is 2. The van der Waals surface area contributed by atoms with Crippen LogP contribution in [-0.4, -0.2) is 54.0 Å². The summed E-state index contributed by atoms with van der Waals surface area (Å²) >= 11 is 0. The Morgan fingerprint density at radius 1 is 1.43 bits per heavy atom. The van der Waals surface area contributed by atoms with Gasteiger partial charge < -0.3 is 9.30 Å². The van der Waals surface area contributed by atoms with Gasteiger partial charge in [-0.05, 0) is 25.1 Å². The van der Waals surface area contributed by atoms with Crippen LogP contribution in [0, 0.1) is 5.92 Å². The zero-order chi connectivity index (χ0) is 15.4. The maximum absolute atomic E-state index is 11.9. The van der Waals surface area contributed by atoms with Crippen LogP contribution in [0.25, 0.3) is 0 Å². The van der Waals surface area contributed by atoms with Crippen molar-refractivity contribution in [2.75, 3.05) is 26.7 Å². The molecular weight excluding hydrogens is 274 g/mol. The molecule has 1 aliphatic rings. The number of nitrogens with one attached hydrogen (secondary N) is 1. The van der Waals surface area contributed by atoms with E-state index in [1.807, 2.05) is 4.90 Å². The minimum Gasteiger partial charge on any atom is -0.469 e. The van der Waals surface area contributed by atoms with Gasteiger partial charge in [-0.3, -0.25) is 24.6 Å². The highest BCUT2D eigenvalue weighted by molar-refractivity contribution is 6.04. The molecule has 2 rings (SSSR count). The third-order valence-corrected chi connectivity index (χ3v) is 3.60. The molecule has 1 saturated heterocycles. The van der Waals surface area contributed by atoms with Gasteiger partial charge in [0, 0.05) is 19.8 Å². The van der Waals surface area contributed by atoms with E-state index >= 15 is 0 Å². The average molecular weight is 293 g/mol. The van der Waals surface area contributed by atoms with Crippen molar-refractivity contribution in [3.63, 3.8) is 0 Å². The van der Waals surface area contributed by atoms with Gasteiger partial charge in [0.15, 0.2) is 0 Å². The molecule has 114 valence electrons. The lowest BCUT2D eigenvalue weighted by molar-refractivity contribution is -0.145. The van der Waals surface area contributed by atoms with Crippen molar-refractivity contribution in [3.8, 4) is 0 Å². The molecule has 7 nitrogen and oxygen atoms in total. The van der Waals surface area contributed by atoms with E-state index in [-0.39, 0.29) is 24.3 Å². The third-order valence-electron chi connectivity index (χ3n) is 3.60. The number of esters is 1. The summed E-state index contributed by atoms with van der Waals surface area (Å²) in [5.74, 6) is -1.23. The van der Waals surface area contributed by atoms with Crippen LogP contribution >= 0.6 is 0 Å². The predicted molar refractivity (Wildman–Crippen MR) is 74.4 cm³/mol. The molecule has 0 spiro atoms. The first kappa shape index (κ1) is 15.2. The highest BCUT2D eigenvalue weighted by atomic mass is 16.5. The fourth-order valence-electron chi connectivity index (χ4n) is 2.47. The number of rotatable bonds is 4. The summed E-state index contributed by atoms with van der Waals surface area (Å²) in [5, 5.41) is 2.35. The largest absolute Gasteiger partial charge is 0.469 e. The summed E-state index contributed by atoms with van der Waals surface area (Å²) in [4.78, 5) is 37.0. The van der Waals surface area contributed by atoms with Crippen LogP contribution in [0.15, 0.2) is 18.3 Å². The number of hydrogen-bond acceptors (Lipinski definition) is 5. The molecule has 0 radical (unpaired) electrons. The first-order chi connectivity index (χ1) is 10.0. The summed E-state index contributed by atoms with van der Waals surface area (Å²) < 4.78 is 6.34. The Kier molecular flexibility index (Phi) is 4.74. The van der Waals surface area contributed by atoms with E-state index in [1.54, 1.807) is 29.9 Å². The van der Waals surface area contributed by atoms with Crippen molar-refractivity contribution in [2.24, 2.45) is 13.0 Å². The monoisotopic (exact) mass is 293 g/mol. The summed E-state index contributed by atoms with van der Waals surface area (Å²) in [6.07, 6.45) is 2.41. The van der Waals surface area contributed by atoms with Crippen molar-refractivity contribution < 1.29 is 19.1 Å². The van der Waals surface area contributed by atoms with Crippen LogP contribution in [0.4, 0.5) is 0 Å². The second kappa shape index (κ2) is 6.53. The number of hydrogen-bond donors (Lipinski definition) is 1. The Balaban J connectivity index is 1.82. The molecule has 1 unspecified atom stereocenters. The number of methoxy groups -OCH3 is 1. The average Bonchev–Trinajstić information content (AvgIpc) is 3.06. The van der Waals surface area contributed by atoms with Gasteiger partial charge in [0.05, 0.1) is 19.6 Å². The Hall–Kier alpha value is -2.15. The molecule has 1 atom stereocenters. The van der Waals surface area contributed by atoms with Crippen molar-refractivity contribution in [2.45, 2.75) is 6.42 Å². The lowest BCUT2D eigenvalue weighted by Gasteiger charge is -2.14. The van der Waals surface area contributed by atoms with E-state index in [1.165, 1.54) is 7.11 Å². The molecule has 1 aromatic heterocycles. The maximum Gasteiger partial charge on any atom is 0.310 e. The molecule has 1 fully saturated rings. The number of carbonyl (C=O) groups excluding carboxylic acids is 3. The zero-order valence-electron chi connectivity index (χ0n) is 12.2. The zero-order valence-corrected chi connectivity index (χ0v) is 12.2. The minimum absolute atomic E-state index is 0.101. The molecule has 0 aliphatic carbocycles. The van der Waals surface area contributed by atoms with Gasteiger partial charge in [-0.25, -0.2) is 0 Å². The van der Waals surface area contributed by atoms with E-state index in [9.17, 15) is 14.4 Å². The van der Waals surface area contributed by atoms with Gasteiger partial charge in [-0.2, -0.15) is 0 Å². The highest BCUT2D eigenvalue weighted by Crippen LogP contribution is 2.16. The molecule has 2 amide bonds. The van der Waals surface area contributed by atoms with Crippen LogP contribution in [-0.2, 0) is 21.4 Å². The molecule has 1 aromatic rings. The van der Waals surface area contributed by atoms with Crippen LogP contribution in [0.5, 0.6) is 0 Å². The highest BCUT2D eigenvalue weighted by Gasteiger charge is 2.30. The van der Waals surface area contributed by atoms with E-state index < -0.39 is 5.91 Å². The lowest BCUT2D eigenvalue weighted by Crippen LogP contribution is -2.40. The smallest absolute Gasteiger partial charge is 0.310 e. The molecule has 21 heavy (non-hydrogen) atoms. The summed E-state index contributed by atoms with van der Waals surface area (Å²) in [6.45, 7) is 1.23. The van der Waals surface area contributed by atoms with E-state index in [0.717, 1.165) is 0 Å². The van der Waals surface area contributed by atoms with Crippen molar-refractivity contribution in [1.82, 2.24) is 14.8 Å². The van der Waals surface area contributed by atoms with E-state index in [4.69, 9.17) is 4.74 Å². The topological polar surface area (TPSA) is 80.6 Å². The minimum atomic E-state index is -0.420. The first-order valence-electron chi connectivity index (χ1n) is 6.77. The summed E-state index contributed by atoms with van der Waals surface area (Å²) in [5.41, 5.74) is 0.428. The number of carbonyl (C=O) groups is 3. The van der Waals surface area contributed by atoms with E-state index in [0.29, 0.717) is 25.2 Å². The normalized spacial score (nSPS) is 18.5. The quantitative estimate of drug-likeness (QED) is 0.776. The second-order valence-corrected chi connectivity index (χ2v) is 5.13. The number of ether oxygens (including phenoxy) is 1. The Labute approximate surface area is 122 Å². The lowest BCUT2D eigenvalue weighted by atomic mass is 10.1. The third kappa shape index (κ3) is 3.69. The SMILES string of the molecule is COC(=O)C1CCN(CC(=O)NC(=O)c2cccn2C)C1. The number of likely N-dealkylation sites (tertiary alicyclic amines) is 1. The summed E-state index contributed by atoms with van der Waals surface area (Å²) in [7, 11) is 3.09. The molecular formula is C14H19N3O4. The number of imide groups is 1. The van der Waals surface area contributed by atoms with Crippen LogP contribution in [0.1, 0.15) is 16.9 Å². The molecule has 0 saturated carbocycles.